The minimum Gasteiger partial charge on any atom is -0.481 e. The molecule has 0 aliphatic carbocycles. The fourth-order valence-electron chi connectivity index (χ4n) is 1.20. The van der Waals surface area contributed by atoms with Gasteiger partial charge >= 0.3 is 5.97 Å². The first-order valence-corrected chi connectivity index (χ1v) is 5.67. The fourth-order valence-corrected chi connectivity index (χ4v) is 2.43. The molecule has 2 nitrogen and oxygen atoms in total. The van der Waals surface area contributed by atoms with Crippen molar-refractivity contribution >= 4 is 28.9 Å². The number of rotatable bonds is 4. The van der Waals surface area contributed by atoms with Crippen LogP contribution in [-0.4, -0.2) is 11.1 Å². The third kappa shape index (κ3) is 3.00. The van der Waals surface area contributed by atoms with E-state index in [1.54, 1.807) is 6.92 Å². The van der Waals surface area contributed by atoms with Crippen molar-refractivity contribution < 1.29 is 9.90 Å². The summed E-state index contributed by atoms with van der Waals surface area (Å²) in [7, 11) is 0. The van der Waals surface area contributed by atoms with Crippen molar-refractivity contribution in [2.45, 2.75) is 20.3 Å². The molecule has 0 aromatic carbocycles. The number of hydrogen-bond acceptors (Lipinski definition) is 2. The molecule has 0 spiro atoms. The van der Waals surface area contributed by atoms with Crippen molar-refractivity contribution in [3.05, 3.63) is 21.3 Å². The molecule has 0 radical (unpaired) electrons. The summed E-state index contributed by atoms with van der Waals surface area (Å²) in [6.45, 7) is 3.69. The van der Waals surface area contributed by atoms with E-state index in [4.69, 9.17) is 16.7 Å². The van der Waals surface area contributed by atoms with Crippen LogP contribution in [-0.2, 0) is 11.2 Å². The van der Waals surface area contributed by atoms with Crippen molar-refractivity contribution in [2.75, 3.05) is 0 Å². The largest absolute Gasteiger partial charge is 0.481 e. The molecule has 1 aromatic heterocycles. The van der Waals surface area contributed by atoms with Gasteiger partial charge in [0, 0.05) is 4.88 Å². The molecule has 1 heterocycles. The lowest BCUT2D eigenvalue weighted by Crippen LogP contribution is -2.19. The zero-order chi connectivity index (χ0) is 10.7. The lowest BCUT2D eigenvalue weighted by molar-refractivity contribution is -0.142. The highest BCUT2D eigenvalue weighted by Crippen LogP contribution is 2.26. The molecule has 0 aliphatic heterocycles. The average molecular weight is 233 g/mol. The minimum absolute atomic E-state index is 0.141. The second-order valence-electron chi connectivity index (χ2n) is 3.51. The van der Waals surface area contributed by atoms with Gasteiger partial charge in [0.1, 0.15) is 0 Å². The van der Waals surface area contributed by atoms with Crippen LogP contribution >= 0.6 is 22.9 Å². The number of carboxylic acid groups (broad SMARTS) is 1. The zero-order valence-corrected chi connectivity index (χ0v) is 9.73. The maximum atomic E-state index is 10.7. The van der Waals surface area contributed by atoms with Crippen LogP contribution in [0.1, 0.15) is 18.7 Å². The summed E-state index contributed by atoms with van der Waals surface area (Å²) in [6, 6.07) is 3.80. The molecule has 0 saturated heterocycles. The van der Waals surface area contributed by atoms with Crippen LogP contribution in [0.25, 0.3) is 0 Å². The fraction of sp³-hybridized carbons (Fsp3) is 0.500. The zero-order valence-electron chi connectivity index (χ0n) is 8.16. The van der Waals surface area contributed by atoms with Crippen molar-refractivity contribution in [3.63, 3.8) is 0 Å². The summed E-state index contributed by atoms with van der Waals surface area (Å²) in [5, 5.41) is 8.81. The van der Waals surface area contributed by atoms with Gasteiger partial charge in [-0.25, -0.2) is 0 Å². The topological polar surface area (TPSA) is 37.3 Å². The normalized spacial score (nSPS) is 15.1. The van der Waals surface area contributed by atoms with Crippen LogP contribution in [0, 0.1) is 11.8 Å². The summed E-state index contributed by atoms with van der Waals surface area (Å²) in [6.07, 6.45) is 0.783. The number of hydrogen-bond donors (Lipinski definition) is 1. The van der Waals surface area contributed by atoms with E-state index < -0.39 is 5.97 Å². The van der Waals surface area contributed by atoms with Gasteiger partial charge in [0.05, 0.1) is 10.3 Å². The molecule has 0 amide bonds. The maximum absolute atomic E-state index is 10.7. The first kappa shape index (κ1) is 11.5. The van der Waals surface area contributed by atoms with E-state index in [-0.39, 0.29) is 11.8 Å². The molecule has 2 atom stereocenters. The number of carbonyl (C=O) groups is 1. The van der Waals surface area contributed by atoms with Crippen molar-refractivity contribution in [2.24, 2.45) is 11.8 Å². The first-order chi connectivity index (χ1) is 6.50. The smallest absolute Gasteiger partial charge is 0.306 e. The second kappa shape index (κ2) is 4.80. The number of aliphatic carboxylic acids is 1. The molecule has 1 N–H and O–H groups in total. The Labute approximate surface area is 92.5 Å². The standard InChI is InChI=1S/C10H13ClO2S/c1-6(7(2)10(12)13)5-8-3-4-9(11)14-8/h3-4,6-7H,5H2,1-2H3,(H,12,13). The van der Waals surface area contributed by atoms with Gasteiger partial charge in [-0.2, -0.15) is 0 Å². The molecule has 2 unspecified atom stereocenters. The predicted molar refractivity (Wildman–Crippen MR) is 59.0 cm³/mol. The summed E-state index contributed by atoms with van der Waals surface area (Å²) in [4.78, 5) is 11.9. The van der Waals surface area contributed by atoms with Gasteiger partial charge < -0.3 is 5.11 Å². The molecule has 4 heteroatoms. The Morgan fingerprint density at radius 3 is 2.64 bits per heavy atom. The third-order valence-electron chi connectivity index (χ3n) is 2.40. The van der Waals surface area contributed by atoms with Gasteiger partial charge in [-0.15, -0.1) is 11.3 Å². The van der Waals surface area contributed by atoms with E-state index >= 15 is 0 Å². The Bertz CT molecular complexity index is 322. The number of thiophene rings is 1. The van der Waals surface area contributed by atoms with E-state index in [0.717, 1.165) is 15.6 Å². The average Bonchev–Trinajstić information content (AvgIpc) is 2.49. The summed E-state index contributed by atoms with van der Waals surface area (Å²) < 4.78 is 0.759. The van der Waals surface area contributed by atoms with Gasteiger partial charge in [0.25, 0.3) is 0 Å². The highest BCUT2D eigenvalue weighted by Gasteiger charge is 2.19. The van der Waals surface area contributed by atoms with Gasteiger partial charge in [0.2, 0.25) is 0 Å². The summed E-state index contributed by atoms with van der Waals surface area (Å²) >= 11 is 7.31. The highest BCUT2D eigenvalue weighted by molar-refractivity contribution is 7.16. The number of carboxylic acids is 1. The first-order valence-electron chi connectivity index (χ1n) is 4.47. The van der Waals surface area contributed by atoms with Crippen molar-refractivity contribution in [1.29, 1.82) is 0 Å². The van der Waals surface area contributed by atoms with Gasteiger partial charge in [0.15, 0.2) is 0 Å². The SMILES string of the molecule is CC(Cc1ccc(Cl)s1)C(C)C(=O)O. The summed E-state index contributed by atoms with van der Waals surface area (Å²) in [5.74, 6) is -0.904. The van der Waals surface area contributed by atoms with E-state index in [1.807, 2.05) is 19.1 Å². The lowest BCUT2D eigenvalue weighted by Gasteiger charge is -2.14. The molecule has 1 rings (SSSR count). The Hall–Kier alpha value is -0.540. The molecule has 0 saturated carbocycles. The van der Waals surface area contributed by atoms with Gasteiger partial charge in [-0.05, 0) is 24.5 Å². The number of halogens is 1. The van der Waals surface area contributed by atoms with Crippen molar-refractivity contribution in [1.82, 2.24) is 0 Å². The predicted octanol–water partition coefficient (Wildman–Crippen LogP) is 3.30. The molecule has 1 aromatic rings. The third-order valence-corrected chi connectivity index (χ3v) is 3.65. The molecule has 0 aliphatic rings. The van der Waals surface area contributed by atoms with E-state index in [9.17, 15) is 4.79 Å². The van der Waals surface area contributed by atoms with Crippen LogP contribution in [0.5, 0.6) is 0 Å². The van der Waals surface area contributed by atoms with Gasteiger partial charge in [-0.1, -0.05) is 25.4 Å². The Kier molecular flexibility index (Phi) is 3.96. The molecule has 78 valence electrons. The second-order valence-corrected chi connectivity index (χ2v) is 5.31. The van der Waals surface area contributed by atoms with E-state index in [1.165, 1.54) is 11.3 Å². The maximum Gasteiger partial charge on any atom is 0.306 e. The van der Waals surface area contributed by atoms with Crippen LogP contribution < -0.4 is 0 Å². The summed E-state index contributed by atoms with van der Waals surface area (Å²) in [5.41, 5.74) is 0. The molecule has 0 bridgehead atoms. The Balaban J connectivity index is 2.56. The van der Waals surface area contributed by atoms with Crippen LogP contribution in [0.2, 0.25) is 4.34 Å². The Morgan fingerprint density at radius 2 is 2.21 bits per heavy atom. The molecule has 0 fully saturated rings. The molecular weight excluding hydrogens is 220 g/mol. The van der Waals surface area contributed by atoms with Gasteiger partial charge in [-0.3, -0.25) is 4.79 Å². The van der Waals surface area contributed by atoms with Crippen LogP contribution in [0.15, 0.2) is 12.1 Å². The minimum atomic E-state index is -0.736. The molecular formula is C10H13ClO2S. The van der Waals surface area contributed by atoms with Crippen molar-refractivity contribution in [3.8, 4) is 0 Å². The van der Waals surface area contributed by atoms with E-state index in [0.29, 0.717) is 0 Å². The highest BCUT2D eigenvalue weighted by atomic mass is 35.5. The van der Waals surface area contributed by atoms with Crippen LogP contribution in [0.4, 0.5) is 0 Å². The van der Waals surface area contributed by atoms with Crippen LogP contribution in [0.3, 0.4) is 0 Å². The lowest BCUT2D eigenvalue weighted by atomic mass is 9.92. The molecule has 14 heavy (non-hydrogen) atoms. The Morgan fingerprint density at radius 1 is 1.57 bits per heavy atom. The quantitative estimate of drug-likeness (QED) is 0.865. The van der Waals surface area contributed by atoms with E-state index in [2.05, 4.69) is 0 Å². The monoisotopic (exact) mass is 232 g/mol.